The van der Waals surface area contributed by atoms with Gasteiger partial charge in [0.1, 0.15) is 5.60 Å². The predicted octanol–water partition coefficient (Wildman–Crippen LogP) is 5.27. The average Bonchev–Trinajstić information content (AvgIpc) is 3.08. The molecule has 0 N–H and O–H groups in total. The van der Waals surface area contributed by atoms with E-state index in [4.69, 9.17) is 4.74 Å². The van der Waals surface area contributed by atoms with Crippen LogP contribution in [0.5, 0.6) is 0 Å². The molecule has 0 aliphatic carbocycles. The Morgan fingerprint density at radius 3 is 2.14 bits per heavy atom. The summed E-state index contributed by atoms with van der Waals surface area (Å²) in [6, 6.07) is 15.9. The molecular formula is C23H23NO4. The lowest BCUT2D eigenvalue weighted by molar-refractivity contribution is 0.0544. The lowest BCUT2D eigenvalue weighted by Crippen LogP contribution is -2.26. The third-order valence-electron chi connectivity index (χ3n) is 4.28. The highest BCUT2D eigenvalue weighted by molar-refractivity contribution is 6.04. The number of fused-ring (bicyclic) bond motifs is 1. The molecule has 0 aliphatic heterocycles. The maximum Gasteiger partial charge on any atom is 0.418 e. The highest BCUT2D eigenvalue weighted by Crippen LogP contribution is 2.21. The molecule has 0 spiro atoms. The Balaban J connectivity index is 1.71. The van der Waals surface area contributed by atoms with Gasteiger partial charge in [-0.25, -0.2) is 4.79 Å². The molecule has 2 aromatic carbocycles. The number of Topliss-reactive ketones (excluding diaryl/α,β-unsaturated/α-hetero) is 2. The van der Waals surface area contributed by atoms with Crippen LogP contribution in [0.15, 0.2) is 60.8 Å². The first-order valence-corrected chi connectivity index (χ1v) is 9.20. The zero-order valence-electron chi connectivity index (χ0n) is 16.3. The minimum absolute atomic E-state index is 0.0499. The summed E-state index contributed by atoms with van der Waals surface area (Å²) in [6.45, 7) is 5.43. The second-order valence-corrected chi connectivity index (χ2v) is 7.65. The number of rotatable bonds is 5. The molecule has 1 heterocycles. The van der Waals surface area contributed by atoms with Gasteiger partial charge >= 0.3 is 6.09 Å². The van der Waals surface area contributed by atoms with Crippen molar-refractivity contribution in [3.63, 3.8) is 0 Å². The Kier molecular flexibility index (Phi) is 5.45. The van der Waals surface area contributed by atoms with Crippen LogP contribution in [0.1, 0.15) is 54.3 Å². The first kappa shape index (κ1) is 19.5. The number of benzene rings is 2. The molecule has 0 saturated heterocycles. The minimum atomic E-state index is -0.588. The second-order valence-electron chi connectivity index (χ2n) is 7.65. The molecule has 0 radical (unpaired) electrons. The molecule has 1 aromatic heterocycles. The van der Waals surface area contributed by atoms with Crippen LogP contribution in [0.2, 0.25) is 0 Å². The highest BCUT2D eigenvalue weighted by Gasteiger charge is 2.19. The largest absolute Gasteiger partial charge is 0.443 e. The SMILES string of the molecule is CC(C)(C)OC(=O)n1ccc2cc(C(=O)CCC(=O)c3ccccc3)ccc21. The number of hydrogen-bond donors (Lipinski definition) is 0. The lowest BCUT2D eigenvalue weighted by Gasteiger charge is -2.19. The van der Waals surface area contributed by atoms with Crippen LogP contribution >= 0.6 is 0 Å². The summed E-state index contributed by atoms with van der Waals surface area (Å²) in [5, 5.41) is 0.770. The molecule has 3 rings (SSSR count). The fourth-order valence-electron chi connectivity index (χ4n) is 2.93. The fraction of sp³-hybridized carbons (Fsp3) is 0.261. The summed E-state index contributed by atoms with van der Waals surface area (Å²) in [7, 11) is 0. The maximum atomic E-state index is 12.5. The molecule has 0 fully saturated rings. The van der Waals surface area contributed by atoms with Crippen molar-refractivity contribution in [2.75, 3.05) is 0 Å². The Bertz CT molecular complexity index is 1030. The van der Waals surface area contributed by atoms with Gasteiger partial charge in [-0.15, -0.1) is 0 Å². The maximum absolute atomic E-state index is 12.5. The molecule has 5 heteroatoms. The van der Waals surface area contributed by atoms with Gasteiger partial charge in [0.2, 0.25) is 0 Å². The molecule has 0 amide bonds. The molecule has 144 valence electrons. The van der Waals surface area contributed by atoms with E-state index in [1.54, 1.807) is 54.7 Å². The van der Waals surface area contributed by atoms with Crippen LogP contribution in [0.4, 0.5) is 4.79 Å². The topological polar surface area (TPSA) is 65.4 Å². The van der Waals surface area contributed by atoms with Crippen LogP contribution in [0.25, 0.3) is 10.9 Å². The van der Waals surface area contributed by atoms with Crippen LogP contribution in [-0.4, -0.2) is 27.8 Å². The summed E-state index contributed by atoms with van der Waals surface area (Å²) in [5.74, 6) is -0.151. The van der Waals surface area contributed by atoms with E-state index in [0.717, 1.165) is 5.39 Å². The van der Waals surface area contributed by atoms with Crippen molar-refractivity contribution in [2.45, 2.75) is 39.2 Å². The van der Waals surface area contributed by atoms with Crippen LogP contribution in [0, 0.1) is 0 Å². The molecule has 0 unspecified atom stereocenters. The van der Waals surface area contributed by atoms with Gasteiger partial charge in [0, 0.05) is 35.6 Å². The minimum Gasteiger partial charge on any atom is -0.443 e. The van der Waals surface area contributed by atoms with Gasteiger partial charge in [-0.05, 0) is 45.0 Å². The van der Waals surface area contributed by atoms with E-state index in [1.807, 2.05) is 26.8 Å². The van der Waals surface area contributed by atoms with Crippen LogP contribution in [0.3, 0.4) is 0 Å². The Morgan fingerprint density at radius 2 is 1.50 bits per heavy atom. The van der Waals surface area contributed by atoms with Gasteiger partial charge in [-0.1, -0.05) is 30.3 Å². The predicted molar refractivity (Wildman–Crippen MR) is 108 cm³/mol. The third kappa shape index (κ3) is 4.55. The first-order chi connectivity index (χ1) is 13.2. The Hall–Kier alpha value is -3.21. The van der Waals surface area contributed by atoms with Gasteiger partial charge < -0.3 is 4.74 Å². The van der Waals surface area contributed by atoms with Crippen LogP contribution in [-0.2, 0) is 4.74 Å². The second kappa shape index (κ2) is 7.80. The van der Waals surface area contributed by atoms with Gasteiger partial charge in [-0.2, -0.15) is 0 Å². The van der Waals surface area contributed by atoms with Crippen molar-refractivity contribution < 1.29 is 19.1 Å². The monoisotopic (exact) mass is 377 g/mol. The lowest BCUT2D eigenvalue weighted by atomic mass is 10.0. The van der Waals surface area contributed by atoms with Crippen molar-refractivity contribution in [1.29, 1.82) is 0 Å². The van der Waals surface area contributed by atoms with Crippen molar-refractivity contribution >= 4 is 28.6 Å². The molecule has 28 heavy (non-hydrogen) atoms. The number of hydrogen-bond acceptors (Lipinski definition) is 4. The Labute approximate surface area is 163 Å². The van der Waals surface area contributed by atoms with Gasteiger partial charge in [-0.3, -0.25) is 14.2 Å². The quantitative estimate of drug-likeness (QED) is 0.568. The van der Waals surface area contributed by atoms with E-state index >= 15 is 0 Å². The van der Waals surface area contributed by atoms with Gasteiger partial charge in [0.05, 0.1) is 5.52 Å². The molecule has 0 bridgehead atoms. The molecular weight excluding hydrogens is 354 g/mol. The number of aromatic nitrogens is 1. The summed E-state index contributed by atoms with van der Waals surface area (Å²) in [4.78, 5) is 37.0. The van der Waals surface area contributed by atoms with Crippen molar-refractivity contribution in [2.24, 2.45) is 0 Å². The smallest absolute Gasteiger partial charge is 0.418 e. The van der Waals surface area contributed by atoms with E-state index < -0.39 is 11.7 Å². The molecule has 0 atom stereocenters. The van der Waals surface area contributed by atoms with Gasteiger partial charge in [0.15, 0.2) is 11.6 Å². The average molecular weight is 377 g/mol. The van der Waals surface area contributed by atoms with E-state index in [1.165, 1.54) is 4.57 Å². The third-order valence-corrected chi connectivity index (χ3v) is 4.28. The van der Waals surface area contributed by atoms with E-state index in [-0.39, 0.29) is 24.4 Å². The normalized spacial score (nSPS) is 11.4. The molecule has 5 nitrogen and oxygen atoms in total. The van der Waals surface area contributed by atoms with E-state index in [9.17, 15) is 14.4 Å². The van der Waals surface area contributed by atoms with Gasteiger partial charge in [0.25, 0.3) is 0 Å². The van der Waals surface area contributed by atoms with E-state index in [2.05, 4.69) is 0 Å². The summed E-state index contributed by atoms with van der Waals surface area (Å²) < 4.78 is 6.82. The van der Waals surface area contributed by atoms with Crippen molar-refractivity contribution in [3.05, 3.63) is 71.9 Å². The van der Waals surface area contributed by atoms with Crippen molar-refractivity contribution in [1.82, 2.24) is 4.57 Å². The standard InChI is InChI=1S/C23H23NO4/c1-23(2,3)28-22(27)24-14-13-17-15-18(9-10-19(17)24)21(26)12-11-20(25)16-7-5-4-6-8-16/h4-10,13-15H,11-12H2,1-3H3. The molecule has 3 aromatic rings. The zero-order valence-corrected chi connectivity index (χ0v) is 16.3. The Morgan fingerprint density at radius 1 is 0.857 bits per heavy atom. The molecule has 0 saturated carbocycles. The van der Waals surface area contributed by atoms with Crippen molar-refractivity contribution in [3.8, 4) is 0 Å². The first-order valence-electron chi connectivity index (χ1n) is 9.20. The number of ketones is 2. The highest BCUT2D eigenvalue weighted by atomic mass is 16.6. The number of carbonyl (C=O) groups excluding carboxylic acids is 3. The van der Waals surface area contributed by atoms with Crippen LogP contribution < -0.4 is 0 Å². The number of nitrogens with zero attached hydrogens (tertiary/aromatic N) is 1. The molecule has 0 aliphatic rings. The number of carbonyl (C=O) groups is 3. The fourth-order valence-corrected chi connectivity index (χ4v) is 2.93. The summed E-state index contributed by atoms with van der Waals surface area (Å²) in [5.41, 5.74) is 1.22. The summed E-state index contributed by atoms with van der Waals surface area (Å²) >= 11 is 0. The summed E-state index contributed by atoms with van der Waals surface area (Å²) in [6.07, 6.45) is 1.48. The van der Waals surface area contributed by atoms with E-state index in [0.29, 0.717) is 16.6 Å². The number of ether oxygens (including phenoxy) is 1. The zero-order chi connectivity index (χ0) is 20.3.